The Labute approximate surface area is 237 Å². The average Bonchev–Trinajstić information content (AvgIpc) is 3.42. The average molecular weight is 586 g/mol. The van der Waals surface area contributed by atoms with E-state index in [2.05, 4.69) is 31.9 Å². The van der Waals surface area contributed by atoms with Gasteiger partial charge in [-0.3, -0.25) is 9.59 Å². The zero-order chi connectivity index (χ0) is 28.3. The lowest BCUT2D eigenvalue weighted by molar-refractivity contribution is -0.0501. The molecule has 0 radical (unpaired) electrons. The number of pyridine rings is 1. The number of fused-ring (bicyclic) bond motifs is 1. The smallest absolute Gasteiger partial charge is 0.387 e. The molecule has 3 aromatic rings. The molecule has 2 N–H and O–H groups in total. The minimum Gasteiger partial charge on any atom is -0.433 e. The maximum atomic E-state index is 12.9. The Bertz CT molecular complexity index is 1450. The van der Waals surface area contributed by atoms with Crippen molar-refractivity contribution in [3.63, 3.8) is 0 Å². The number of aromatic nitrogens is 2. The van der Waals surface area contributed by atoms with Gasteiger partial charge in [0, 0.05) is 22.6 Å². The Balaban J connectivity index is 1.39. The lowest BCUT2D eigenvalue weighted by Crippen LogP contribution is -2.50. The van der Waals surface area contributed by atoms with E-state index in [0.717, 1.165) is 6.20 Å². The molecule has 1 fully saturated rings. The second-order valence-corrected chi connectivity index (χ2v) is 11.1. The van der Waals surface area contributed by atoms with Gasteiger partial charge >= 0.3 is 6.61 Å². The monoisotopic (exact) mass is 585 g/mol. The quantitative estimate of drug-likeness (QED) is 0.374. The summed E-state index contributed by atoms with van der Waals surface area (Å²) in [6.07, 6.45) is 3.39. The predicted octanol–water partition coefficient (Wildman–Crippen LogP) is 5.02. The fraction of sp³-hybridized carbons (Fsp3) is 0.296. The molecule has 40 heavy (non-hydrogen) atoms. The zero-order valence-corrected chi connectivity index (χ0v) is 22.9. The van der Waals surface area contributed by atoms with Crippen LogP contribution in [0.15, 0.2) is 65.6 Å². The van der Waals surface area contributed by atoms with Crippen LogP contribution in [0.4, 0.5) is 14.6 Å². The molecule has 1 saturated heterocycles. The van der Waals surface area contributed by atoms with Crippen LogP contribution in [0.3, 0.4) is 0 Å². The molecule has 4 heterocycles. The number of aliphatic imine (C=N–C) groups is 1. The van der Waals surface area contributed by atoms with Crippen molar-refractivity contribution < 1.29 is 27.8 Å². The number of anilines is 1. The van der Waals surface area contributed by atoms with Crippen LogP contribution in [-0.4, -0.2) is 52.0 Å². The maximum absolute atomic E-state index is 12.9. The first-order chi connectivity index (χ1) is 19.3. The minimum absolute atomic E-state index is 0.0487. The molecule has 2 aliphatic heterocycles. The molecular weight excluding hydrogens is 560 g/mol. The minimum atomic E-state index is -2.99. The van der Waals surface area contributed by atoms with Crippen LogP contribution in [0.1, 0.15) is 37.8 Å². The zero-order valence-electron chi connectivity index (χ0n) is 21.3. The number of thiazole rings is 1. The highest BCUT2D eigenvalue weighted by atomic mass is 32.2. The largest absolute Gasteiger partial charge is 0.433 e. The number of hydrogen-bond donors (Lipinski definition) is 2. The summed E-state index contributed by atoms with van der Waals surface area (Å²) in [7, 11) is 0. The van der Waals surface area contributed by atoms with E-state index >= 15 is 0 Å². The molecule has 0 aliphatic carbocycles. The lowest BCUT2D eigenvalue weighted by atomic mass is 9.80. The number of thioether (sulfide) groups is 1. The standard InChI is InChI=1S/C27H25F2N5O4S2/c1-3-18-10-17-12-40-26(33-22(35)16-7-5-4-6-8-16)34-27(17,14-37-18)24-32-20(13-39-24)31-23(36)21-15(2)9-19(11-30-21)38-25(28)29/h3-9,11,13,17-18,25H,1,10,12,14H2,2H3,(H,31,36)(H,33,34,35)/t17-,18-,27-/m0/s1. The van der Waals surface area contributed by atoms with Crippen LogP contribution in [0.25, 0.3) is 0 Å². The van der Waals surface area contributed by atoms with Gasteiger partial charge in [-0.05, 0) is 37.1 Å². The van der Waals surface area contributed by atoms with Crippen LogP contribution >= 0.6 is 23.1 Å². The fourth-order valence-corrected chi connectivity index (χ4v) is 6.67. The van der Waals surface area contributed by atoms with Gasteiger partial charge in [0.2, 0.25) is 0 Å². The van der Waals surface area contributed by atoms with Crippen molar-refractivity contribution in [2.45, 2.75) is 31.6 Å². The van der Waals surface area contributed by atoms with Gasteiger partial charge in [-0.2, -0.15) is 8.78 Å². The Kier molecular flexibility index (Phi) is 8.24. The molecule has 0 bridgehead atoms. The first kappa shape index (κ1) is 27.9. The topological polar surface area (TPSA) is 115 Å². The summed E-state index contributed by atoms with van der Waals surface area (Å²) < 4.78 is 35.4. The van der Waals surface area contributed by atoms with E-state index in [4.69, 9.17) is 9.73 Å². The summed E-state index contributed by atoms with van der Waals surface area (Å²) >= 11 is 2.79. The number of halogens is 2. The van der Waals surface area contributed by atoms with Crippen LogP contribution in [-0.2, 0) is 10.3 Å². The number of nitrogens with one attached hydrogen (secondary N) is 2. The van der Waals surface area contributed by atoms with Crippen molar-refractivity contribution in [1.82, 2.24) is 15.3 Å². The number of hydrogen-bond acceptors (Lipinski definition) is 9. The highest BCUT2D eigenvalue weighted by Gasteiger charge is 2.50. The van der Waals surface area contributed by atoms with Crippen molar-refractivity contribution in [2.75, 3.05) is 17.7 Å². The molecule has 2 aromatic heterocycles. The van der Waals surface area contributed by atoms with E-state index in [0.29, 0.717) is 39.3 Å². The summed E-state index contributed by atoms with van der Waals surface area (Å²) in [5.74, 6) is 0.0783. The van der Waals surface area contributed by atoms with Crippen LogP contribution in [0.2, 0.25) is 0 Å². The number of alkyl halides is 2. The number of nitrogens with zero attached hydrogens (tertiary/aromatic N) is 3. The van der Waals surface area contributed by atoms with Crippen molar-refractivity contribution in [3.05, 3.63) is 82.5 Å². The molecule has 13 heteroatoms. The highest BCUT2D eigenvalue weighted by molar-refractivity contribution is 8.13. The molecular formula is C27H25F2N5O4S2. The molecule has 1 aromatic carbocycles. The summed E-state index contributed by atoms with van der Waals surface area (Å²) in [4.78, 5) is 39.4. The number of amidine groups is 1. The van der Waals surface area contributed by atoms with Crippen molar-refractivity contribution in [3.8, 4) is 5.75 Å². The van der Waals surface area contributed by atoms with Crippen LogP contribution in [0, 0.1) is 12.8 Å². The Morgan fingerprint density at radius 2 is 2.05 bits per heavy atom. The second kappa shape index (κ2) is 11.8. The first-order valence-corrected chi connectivity index (χ1v) is 14.2. The van der Waals surface area contributed by atoms with Gasteiger partial charge in [0.05, 0.1) is 18.9 Å². The van der Waals surface area contributed by atoms with E-state index < -0.39 is 18.1 Å². The number of rotatable bonds is 7. The van der Waals surface area contributed by atoms with Gasteiger partial charge in [-0.25, -0.2) is 15.0 Å². The number of carbonyl (C=O) groups is 2. The van der Waals surface area contributed by atoms with E-state index in [9.17, 15) is 18.4 Å². The Morgan fingerprint density at radius 3 is 2.77 bits per heavy atom. The Hall–Kier alpha value is -3.68. The molecule has 0 saturated carbocycles. The molecule has 0 unspecified atom stereocenters. The normalized spacial score (nSPS) is 22.1. The number of amides is 2. The lowest BCUT2D eigenvalue weighted by Gasteiger charge is -2.44. The van der Waals surface area contributed by atoms with E-state index in [1.165, 1.54) is 29.2 Å². The van der Waals surface area contributed by atoms with Gasteiger partial charge in [-0.15, -0.1) is 17.9 Å². The third kappa shape index (κ3) is 5.91. The third-order valence-electron chi connectivity index (χ3n) is 6.56. The summed E-state index contributed by atoms with van der Waals surface area (Å²) in [6.45, 7) is 2.68. The molecule has 3 atom stereocenters. The fourth-order valence-electron chi connectivity index (χ4n) is 4.55. The second-order valence-electron chi connectivity index (χ2n) is 9.20. The molecule has 208 valence electrons. The van der Waals surface area contributed by atoms with Gasteiger partial charge in [0.1, 0.15) is 27.8 Å². The summed E-state index contributed by atoms with van der Waals surface area (Å²) in [5, 5.41) is 8.43. The van der Waals surface area contributed by atoms with Gasteiger partial charge in [0.15, 0.2) is 5.17 Å². The highest BCUT2D eigenvalue weighted by Crippen LogP contribution is 2.47. The molecule has 2 aliphatic rings. The molecule has 9 nitrogen and oxygen atoms in total. The van der Waals surface area contributed by atoms with E-state index in [1.807, 2.05) is 6.07 Å². The number of ether oxygens (including phenoxy) is 2. The number of aryl methyl sites for hydroxylation is 1. The van der Waals surface area contributed by atoms with Gasteiger partial charge < -0.3 is 20.1 Å². The maximum Gasteiger partial charge on any atom is 0.387 e. The first-order valence-electron chi connectivity index (χ1n) is 12.3. The SMILES string of the molecule is C=C[C@H]1C[C@H]2CSC(NC(=O)c3ccccc3)=N[C@@]2(c2nc(NC(=O)c3ncc(OC(F)F)cc3C)cs2)CO1. The van der Waals surface area contributed by atoms with E-state index in [1.54, 1.807) is 42.6 Å². The predicted molar refractivity (Wildman–Crippen MR) is 149 cm³/mol. The van der Waals surface area contributed by atoms with E-state index in [-0.39, 0.29) is 36.0 Å². The third-order valence-corrected chi connectivity index (χ3v) is 8.61. The van der Waals surface area contributed by atoms with Crippen molar-refractivity contribution in [1.29, 1.82) is 0 Å². The van der Waals surface area contributed by atoms with Gasteiger partial charge in [0.25, 0.3) is 11.8 Å². The summed E-state index contributed by atoms with van der Waals surface area (Å²) in [5.41, 5.74) is 0.0827. The van der Waals surface area contributed by atoms with Crippen LogP contribution in [0.5, 0.6) is 5.75 Å². The Morgan fingerprint density at radius 1 is 1.25 bits per heavy atom. The van der Waals surface area contributed by atoms with Crippen molar-refractivity contribution >= 4 is 45.9 Å². The molecule has 5 rings (SSSR count). The van der Waals surface area contributed by atoms with Crippen molar-refractivity contribution in [2.24, 2.45) is 10.9 Å². The van der Waals surface area contributed by atoms with Crippen LogP contribution < -0.4 is 15.4 Å². The molecule has 0 spiro atoms. The number of benzene rings is 1. The molecule has 2 amide bonds. The summed E-state index contributed by atoms with van der Waals surface area (Å²) in [6, 6.07) is 10.2. The number of carbonyl (C=O) groups excluding carboxylic acids is 2. The van der Waals surface area contributed by atoms with Gasteiger partial charge in [-0.1, -0.05) is 36.0 Å².